The lowest BCUT2D eigenvalue weighted by atomic mass is 9.96. The lowest BCUT2D eigenvalue weighted by Crippen LogP contribution is -2.20. The minimum absolute atomic E-state index is 0.0891. The molecule has 0 saturated heterocycles. The first-order valence-corrected chi connectivity index (χ1v) is 8.58. The highest BCUT2D eigenvalue weighted by Gasteiger charge is 2.35. The van der Waals surface area contributed by atoms with Crippen LogP contribution in [0, 0.1) is 0 Å². The standard InChI is InChI=1S/C21H15N3O2/c1-26-21-17-15-11-7-3-5-9-13(11)23-19(15)18-14(16(17)20(25)24-21)10-6-2-4-8-12(10)22-18/h2-9,21-23H,1H3,(H,24,25). The van der Waals surface area contributed by atoms with E-state index in [9.17, 15) is 4.79 Å². The van der Waals surface area contributed by atoms with Crippen LogP contribution in [-0.4, -0.2) is 23.0 Å². The predicted octanol–water partition coefficient (Wildman–Crippen LogP) is 4.34. The summed E-state index contributed by atoms with van der Waals surface area (Å²) in [6.07, 6.45) is -0.447. The van der Waals surface area contributed by atoms with Gasteiger partial charge in [0, 0.05) is 45.3 Å². The Hall–Kier alpha value is -3.31. The third-order valence-corrected chi connectivity index (χ3v) is 5.44. The molecule has 126 valence electrons. The van der Waals surface area contributed by atoms with Crippen molar-refractivity contribution in [1.82, 2.24) is 15.3 Å². The minimum Gasteiger partial charge on any atom is -0.357 e. The average molecular weight is 341 g/mol. The number of rotatable bonds is 1. The van der Waals surface area contributed by atoms with Crippen molar-refractivity contribution in [2.24, 2.45) is 0 Å². The third-order valence-electron chi connectivity index (χ3n) is 5.44. The zero-order valence-corrected chi connectivity index (χ0v) is 14.0. The fourth-order valence-corrected chi connectivity index (χ4v) is 4.40. The van der Waals surface area contributed by atoms with Crippen molar-refractivity contribution < 1.29 is 9.53 Å². The minimum atomic E-state index is -0.447. The van der Waals surface area contributed by atoms with Crippen LogP contribution in [0.1, 0.15) is 22.1 Å². The molecule has 6 rings (SSSR count). The largest absolute Gasteiger partial charge is 0.357 e. The molecular formula is C21H15N3O2. The average Bonchev–Trinajstić information content (AvgIpc) is 3.32. The first kappa shape index (κ1) is 13.9. The summed E-state index contributed by atoms with van der Waals surface area (Å²) in [5, 5.41) is 7.11. The van der Waals surface area contributed by atoms with E-state index in [1.807, 2.05) is 30.3 Å². The van der Waals surface area contributed by atoms with Gasteiger partial charge in [0.25, 0.3) is 5.91 Å². The van der Waals surface area contributed by atoms with Gasteiger partial charge in [-0.05, 0) is 12.1 Å². The molecule has 5 nitrogen and oxygen atoms in total. The van der Waals surface area contributed by atoms with Crippen molar-refractivity contribution in [3.63, 3.8) is 0 Å². The predicted molar refractivity (Wildman–Crippen MR) is 102 cm³/mol. The first-order valence-electron chi connectivity index (χ1n) is 8.58. The van der Waals surface area contributed by atoms with Crippen molar-refractivity contribution >= 4 is 49.5 Å². The van der Waals surface area contributed by atoms with E-state index in [4.69, 9.17) is 4.74 Å². The van der Waals surface area contributed by atoms with E-state index in [1.54, 1.807) is 7.11 Å². The van der Waals surface area contributed by atoms with Crippen molar-refractivity contribution in [2.75, 3.05) is 7.11 Å². The highest BCUT2D eigenvalue weighted by molar-refractivity contribution is 6.30. The van der Waals surface area contributed by atoms with Crippen molar-refractivity contribution in [1.29, 1.82) is 0 Å². The molecule has 0 radical (unpaired) electrons. The molecule has 0 bridgehead atoms. The Kier molecular flexibility index (Phi) is 2.49. The lowest BCUT2D eigenvalue weighted by molar-refractivity contribution is 0.0671. The number of carbonyl (C=O) groups is 1. The number of hydrogen-bond acceptors (Lipinski definition) is 2. The van der Waals surface area contributed by atoms with Gasteiger partial charge in [-0.15, -0.1) is 0 Å². The maximum Gasteiger partial charge on any atom is 0.254 e. The molecule has 2 aromatic heterocycles. The molecule has 3 aromatic carbocycles. The van der Waals surface area contributed by atoms with E-state index in [0.29, 0.717) is 5.56 Å². The highest BCUT2D eigenvalue weighted by Crippen LogP contribution is 2.44. The molecular weight excluding hydrogens is 326 g/mol. The first-order chi connectivity index (χ1) is 12.8. The van der Waals surface area contributed by atoms with Gasteiger partial charge in [0.15, 0.2) is 6.23 Å². The Morgan fingerprint density at radius 2 is 1.42 bits per heavy atom. The summed E-state index contributed by atoms with van der Waals surface area (Å²) >= 11 is 0. The number of fused-ring (bicyclic) bond motifs is 10. The van der Waals surface area contributed by atoms with Crippen LogP contribution in [0.5, 0.6) is 0 Å². The summed E-state index contributed by atoms with van der Waals surface area (Å²) in [5.41, 5.74) is 5.66. The molecule has 0 aliphatic carbocycles. The van der Waals surface area contributed by atoms with Crippen molar-refractivity contribution in [3.8, 4) is 0 Å². The Balaban J connectivity index is 1.98. The Labute approximate surface area is 147 Å². The van der Waals surface area contributed by atoms with E-state index in [-0.39, 0.29) is 5.91 Å². The SMILES string of the molecule is COC1NC(=O)c2c1c1c3ccccc3[nH]c1c1[nH]c3ccccc3c21. The van der Waals surface area contributed by atoms with Crippen LogP contribution in [0.15, 0.2) is 48.5 Å². The number of aromatic nitrogens is 2. The second-order valence-corrected chi connectivity index (χ2v) is 6.72. The normalized spacial score (nSPS) is 16.8. The Morgan fingerprint density at radius 3 is 2.08 bits per heavy atom. The smallest absolute Gasteiger partial charge is 0.254 e. The number of ether oxygens (including phenoxy) is 1. The van der Waals surface area contributed by atoms with Gasteiger partial charge in [0.05, 0.1) is 16.6 Å². The molecule has 1 amide bonds. The molecule has 0 saturated carbocycles. The number of nitrogens with one attached hydrogen (secondary N) is 3. The number of carbonyl (C=O) groups excluding carboxylic acids is 1. The van der Waals surface area contributed by atoms with Gasteiger partial charge < -0.3 is 20.0 Å². The fourth-order valence-electron chi connectivity index (χ4n) is 4.40. The van der Waals surface area contributed by atoms with Crippen LogP contribution in [0.3, 0.4) is 0 Å². The van der Waals surface area contributed by atoms with Crippen LogP contribution in [-0.2, 0) is 4.74 Å². The maximum absolute atomic E-state index is 12.9. The van der Waals surface area contributed by atoms with Gasteiger partial charge in [0.2, 0.25) is 0 Å². The summed E-state index contributed by atoms with van der Waals surface area (Å²) in [5.74, 6) is -0.0891. The summed E-state index contributed by atoms with van der Waals surface area (Å²) in [6.45, 7) is 0. The van der Waals surface area contributed by atoms with Gasteiger partial charge in [-0.3, -0.25) is 4.79 Å². The molecule has 5 aromatic rings. The fraction of sp³-hybridized carbons (Fsp3) is 0.0952. The molecule has 5 heteroatoms. The van der Waals surface area contributed by atoms with E-state index in [1.165, 1.54) is 0 Å². The van der Waals surface area contributed by atoms with E-state index in [0.717, 1.165) is 49.2 Å². The van der Waals surface area contributed by atoms with Crippen LogP contribution in [0.4, 0.5) is 0 Å². The summed E-state index contributed by atoms with van der Waals surface area (Å²) < 4.78 is 5.62. The highest BCUT2D eigenvalue weighted by atomic mass is 16.5. The maximum atomic E-state index is 12.9. The quantitative estimate of drug-likeness (QED) is 0.424. The van der Waals surface area contributed by atoms with E-state index >= 15 is 0 Å². The number of methoxy groups -OCH3 is 1. The van der Waals surface area contributed by atoms with Gasteiger partial charge >= 0.3 is 0 Å². The van der Waals surface area contributed by atoms with Crippen LogP contribution >= 0.6 is 0 Å². The Bertz CT molecular complexity index is 1380. The zero-order chi connectivity index (χ0) is 17.4. The van der Waals surface area contributed by atoms with Crippen molar-refractivity contribution in [2.45, 2.75) is 6.23 Å². The van der Waals surface area contributed by atoms with Gasteiger partial charge in [-0.2, -0.15) is 0 Å². The monoisotopic (exact) mass is 341 g/mol. The molecule has 1 aliphatic heterocycles. The molecule has 3 N–H and O–H groups in total. The molecule has 1 atom stereocenters. The second-order valence-electron chi connectivity index (χ2n) is 6.72. The second kappa shape index (κ2) is 4.65. The summed E-state index contributed by atoms with van der Waals surface area (Å²) in [4.78, 5) is 19.9. The molecule has 0 fully saturated rings. The summed E-state index contributed by atoms with van der Waals surface area (Å²) in [6, 6.07) is 16.3. The van der Waals surface area contributed by atoms with Gasteiger partial charge in [-0.1, -0.05) is 36.4 Å². The van der Waals surface area contributed by atoms with Crippen LogP contribution < -0.4 is 5.32 Å². The van der Waals surface area contributed by atoms with Crippen LogP contribution in [0.2, 0.25) is 0 Å². The van der Waals surface area contributed by atoms with Crippen molar-refractivity contribution in [3.05, 3.63) is 59.7 Å². The van der Waals surface area contributed by atoms with Gasteiger partial charge in [-0.25, -0.2) is 0 Å². The van der Waals surface area contributed by atoms with E-state index < -0.39 is 6.23 Å². The number of amides is 1. The lowest BCUT2D eigenvalue weighted by Gasteiger charge is -2.11. The third kappa shape index (κ3) is 1.52. The summed E-state index contributed by atoms with van der Waals surface area (Å²) in [7, 11) is 1.63. The van der Waals surface area contributed by atoms with Gasteiger partial charge in [0.1, 0.15) is 0 Å². The molecule has 1 unspecified atom stereocenters. The number of para-hydroxylation sites is 2. The zero-order valence-electron chi connectivity index (χ0n) is 14.0. The van der Waals surface area contributed by atoms with Crippen LogP contribution in [0.25, 0.3) is 43.6 Å². The molecule has 3 heterocycles. The number of benzene rings is 3. The number of H-pyrrole nitrogens is 2. The van der Waals surface area contributed by atoms with E-state index in [2.05, 4.69) is 33.5 Å². The molecule has 0 spiro atoms. The molecule has 26 heavy (non-hydrogen) atoms. The number of aromatic amines is 2. The molecule has 1 aliphatic rings. The number of hydrogen-bond donors (Lipinski definition) is 3. The Morgan fingerprint density at radius 1 is 0.846 bits per heavy atom. The topological polar surface area (TPSA) is 69.9 Å².